The molecule has 2 N–H and O–H groups in total. The molecule has 1 amide bonds. The van der Waals surface area contributed by atoms with Crippen molar-refractivity contribution in [1.29, 1.82) is 5.41 Å². The zero-order valence-electron chi connectivity index (χ0n) is 6.02. The molecule has 0 saturated carbocycles. The van der Waals surface area contributed by atoms with E-state index in [0.29, 0.717) is 6.42 Å². The second-order valence-electron chi connectivity index (χ2n) is 2.92. The van der Waals surface area contributed by atoms with E-state index in [1.165, 1.54) is 11.8 Å². The number of hydrogen-bond donors (Lipinski definition) is 2. The molecule has 0 aliphatic carbocycles. The monoisotopic (exact) mass is 158 g/mol. The van der Waals surface area contributed by atoms with Crippen molar-refractivity contribution >= 4 is 22.8 Å². The Morgan fingerprint density at radius 3 is 2.70 bits per heavy atom. The summed E-state index contributed by atoms with van der Waals surface area (Å²) in [6.07, 6.45) is 0.500. The van der Waals surface area contributed by atoms with E-state index in [1.54, 1.807) is 0 Å². The Kier molecular flexibility index (Phi) is 1.72. The molecule has 1 saturated heterocycles. The van der Waals surface area contributed by atoms with E-state index in [4.69, 9.17) is 5.41 Å². The van der Waals surface area contributed by atoms with E-state index in [0.717, 1.165) is 0 Å². The van der Waals surface area contributed by atoms with Crippen molar-refractivity contribution in [3.63, 3.8) is 0 Å². The predicted octanol–water partition coefficient (Wildman–Crippen LogP) is 0.953. The Morgan fingerprint density at radius 2 is 2.30 bits per heavy atom. The maximum atomic E-state index is 10.8. The first-order valence-corrected chi connectivity index (χ1v) is 3.89. The van der Waals surface area contributed by atoms with Crippen molar-refractivity contribution in [2.24, 2.45) is 0 Å². The molecule has 3 nitrogen and oxygen atoms in total. The summed E-state index contributed by atoms with van der Waals surface area (Å²) in [7, 11) is 0. The Labute approximate surface area is 64.1 Å². The van der Waals surface area contributed by atoms with Crippen molar-refractivity contribution in [1.82, 2.24) is 5.32 Å². The van der Waals surface area contributed by atoms with Crippen LogP contribution in [0.4, 0.5) is 0 Å². The van der Waals surface area contributed by atoms with Gasteiger partial charge in [0, 0.05) is 11.2 Å². The van der Waals surface area contributed by atoms with Crippen LogP contribution in [0.5, 0.6) is 0 Å². The lowest BCUT2D eigenvalue weighted by Gasteiger charge is -2.27. The van der Waals surface area contributed by atoms with Gasteiger partial charge < -0.3 is 5.32 Å². The fourth-order valence-electron chi connectivity index (χ4n) is 0.895. The van der Waals surface area contributed by atoms with E-state index in [9.17, 15) is 4.79 Å². The van der Waals surface area contributed by atoms with Crippen molar-refractivity contribution in [3.05, 3.63) is 0 Å². The number of hydrogen-bond acceptors (Lipinski definition) is 3. The maximum absolute atomic E-state index is 10.8. The minimum Gasteiger partial charge on any atom is -0.306 e. The van der Waals surface area contributed by atoms with Crippen molar-refractivity contribution in [2.75, 3.05) is 0 Å². The van der Waals surface area contributed by atoms with Gasteiger partial charge in [0.05, 0.1) is 0 Å². The summed E-state index contributed by atoms with van der Waals surface area (Å²) in [5, 5.41) is 9.91. The minimum atomic E-state index is -0.0978. The number of carbonyl (C=O) groups excluding carboxylic acids is 1. The molecular formula is C6H10N2OS. The van der Waals surface area contributed by atoms with Gasteiger partial charge in [0.25, 0.3) is 0 Å². The third-order valence-corrected chi connectivity index (χ3v) is 2.22. The lowest BCUT2D eigenvalue weighted by molar-refractivity contribution is -0.120. The summed E-state index contributed by atoms with van der Waals surface area (Å²) in [5.41, 5.74) is 0. The number of nitrogens with one attached hydrogen (secondary N) is 2. The molecule has 0 atom stereocenters. The van der Waals surface area contributed by atoms with E-state index in [2.05, 4.69) is 5.32 Å². The van der Waals surface area contributed by atoms with Gasteiger partial charge in [0.1, 0.15) is 0 Å². The van der Waals surface area contributed by atoms with Gasteiger partial charge in [-0.05, 0) is 13.8 Å². The van der Waals surface area contributed by atoms with E-state index in [1.807, 2.05) is 13.8 Å². The van der Waals surface area contributed by atoms with Crippen LogP contribution in [-0.4, -0.2) is 15.8 Å². The topological polar surface area (TPSA) is 53.0 Å². The van der Waals surface area contributed by atoms with Crippen LogP contribution in [0.25, 0.3) is 0 Å². The fourth-order valence-corrected chi connectivity index (χ4v) is 1.82. The lowest BCUT2D eigenvalue weighted by Crippen LogP contribution is -2.40. The lowest BCUT2D eigenvalue weighted by atomic mass is 10.1. The van der Waals surface area contributed by atoms with Crippen LogP contribution in [0.2, 0.25) is 0 Å². The molecular weight excluding hydrogens is 148 g/mol. The van der Waals surface area contributed by atoms with Gasteiger partial charge in [-0.25, -0.2) is 0 Å². The van der Waals surface area contributed by atoms with Crippen LogP contribution in [0.3, 0.4) is 0 Å². The predicted molar refractivity (Wildman–Crippen MR) is 42.2 cm³/mol. The van der Waals surface area contributed by atoms with Crippen molar-refractivity contribution < 1.29 is 4.79 Å². The van der Waals surface area contributed by atoms with Crippen molar-refractivity contribution in [3.8, 4) is 0 Å². The quantitative estimate of drug-likeness (QED) is 0.551. The van der Waals surface area contributed by atoms with E-state index < -0.39 is 0 Å². The molecule has 0 radical (unpaired) electrons. The number of amidine groups is 1. The highest BCUT2D eigenvalue weighted by Gasteiger charge is 2.29. The molecule has 56 valence electrons. The standard InChI is InChI=1S/C6H10N2OS/c1-6(2)3-4(9)8-5(7)10-6/h3H2,1-2H3,(H2,7,8,9). The van der Waals surface area contributed by atoms with Crippen LogP contribution < -0.4 is 5.32 Å². The summed E-state index contributed by atoms with van der Waals surface area (Å²) in [4.78, 5) is 10.8. The molecule has 1 aliphatic heterocycles. The summed E-state index contributed by atoms with van der Waals surface area (Å²) < 4.78 is -0.0978. The summed E-state index contributed by atoms with van der Waals surface area (Å²) >= 11 is 1.40. The molecule has 4 heteroatoms. The molecule has 0 unspecified atom stereocenters. The van der Waals surface area contributed by atoms with Crippen molar-refractivity contribution in [2.45, 2.75) is 25.0 Å². The maximum Gasteiger partial charge on any atom is 0.227 e. The molecule has 1 fully saturated rings. The first-order chi connectivity index (χ1) is 4.49. The van der Waals surface area contributed by atoms with Crippen LogP contribution in [0.15, 0.2) is 0 Å². The van der Waals surface area contributed by atoms with Gasteiger partial charge in [0.15, 0.2) is 5.17 Å². The number of carbonyl (C=O) groups is 1. The summed E-state index contributed by atoms with van der Waals surface area (Å²) in [6, 6.07) is 0. The molecule has 0 aromatic heterocycles. The zero-order valence-corrected chi connectivity index (χ0v) is 6.84. The molecule has 1 aliphatic rings. The fraction of sp³-hybridized carbons (Fsp3) is 0.667. The molecule has 1 rings (SSSR count). The summed E-state index contributed by atoms with van der Waals surface area (Å²) in [6.45, 7) is 3.93. The van der Waals surface area contributed by atoms with Gasteiger partial charge in [-0.2, -0.15) is 0 Å². The average molecular weight is 158 g/mol. The molecule has 10 heavy (non-hydrogen) atoms. The largest absolute Gasteiger partial charge is 0.306 e. The van der Waals surface area contributed by atoms with Crippen LogP contribution in [-0.2, 0) is 4.79 Å². The number of rotatable bonds is 0. The smallest absolute Gasteiger partial charge is 0.227 e. The summed E-state index contributed by atoms with van der Waals surface area (Å²) in [5.74, 6) is -0.0475. The first kappa shape index (κ1) is 7.60. The Bertz CT molecular complexity index is 170. The van der Waals surface area contributed by atoms with Crippen LogP contribution in [0.1, 0.15) is 20.3 Å². The zero-order chi connectivity index (χ0) is 7.78. The Morgan fingerprint density at radius 1 is 1.70 bits per heavy atom. The van der Waals surface area contributed by atoms with E-state index >= 15 is 0 Å². The molecule has 0 aromatic carbocycles. The third-order valence-electron chi connectivity index (χ3n) is 1.22. The highest BCUT2D eigenvalue weighted by Crippen LogP contribution is 2.30. The normalized spacial score (nSPS) is 24.2. The SMILES string of the molecule is CC1(C)CC(=O)NC(=N)S1. The second-order valence-corrected chi connectivity index (χ2v) is 4.63. The van der Waals surface area contributed by atoms with Gasteiger partial charge in [0.2, 0.25) is 5.91 Å². The van der Waals surface area contributed by atoms with Gasteiger partial charge >= 0.3 is 0 Å². The molecule has 0 spiro atoms. The van der Waals surface area contributed by atoms with Gasteiger partial charge in [-0.15, -0.1) is 0 Å². The third kappa shape index (κ3) is 1.73. The number of amides is 1. The van der Waals surface area contributed by atoms with Crippen LogP contribution in [0, 0.1) is 5.41 Å². The first-order valence-electron chi connectivity index (χ1n) is 3.07. The highest BCUT2D eigenvalue weighted by molar-refractivity contribution is 8.15. The van der Waals surface area contributed by atoms with E-state index in [-0.39, 0.29) is 15.8 Å². The second kappa shape index (κ2) is 2.27. The van der Waals surface area contributed by atoms with Crippen LogP contribution >= 0.6 is 11.8 Å². The van der Waals surface area contributed by atoms with Gasteiger partial charge in [-0.1, -0.05) is 11.8 Å². The highest BCUT2D eigenvalue weighted by atomic mass is 32.2. The Hall–Kier alpha value is -0.510. The Balaban J connectivity index is 2.68. The molecule has 1 heterocycles. The molecule has 0 aromatic rings. The minimum absolute atomic E-state index is 0.0475. The number of thioether (sulfide) groups is 1. The molecule has 0 bridgehead atoms. The average Bonchev–Trinajstić information content (AvgIpc) is 1.54. The van der Waals surface area contributed by atoms with Gasteiger partial charge in [-0.3, -0.25) is 10.2 Å².